The predicted octanol–water partition coefficient (Wildman–Crippen LogP) is 5.04. The third kappa shape index (κ3) is 11.0. The van der Waals surface area contributed by atoms with Gasteiger partial charge in [0.25, 0.3) is 0 Å². The van der Waals surface area contributed by atoms with Crippen LogP contribution in [0.25, 0.3) is 0 Å². The Kier molecular flexibility index (Phi) is 12.8. The molecule has 0 aliphatic heterocycles. The molecule has 2 N–H and O–H groups in total. The number of carboxylic acid groups (broad SMARTS) is 1. The number of aliphatic carboxylic acids is 1. The molecule has 0 aliphatic rings. The van der Waals surface area contributed by atoms with E-state index in [2.05, 4.69) is 5.32 Å². The highest BCUT2D eigenvalue weighted by atomic mass is 35.5. The molecule has 198 valence electrons. The van der Waals surface area contributed by atoms with E-state index in [1.54, 1.807) is 42.2 Å². The van der Waals surface area contributed by atoms with E-state index in [1.807, 2.05) is 26.0 Å². The minimum atomic E-state index is -0.989. The number of rotatable bonds is 15. The maximum Gasteiger partial charge on any atom is 0.333 e. The number of benzene rings is 2. The van der Waals surface area contributed by atoms with Gasteiger partial charge in [-0.2, -0.15) is 0 Å². The van der Waals surface area contributed by atoms with Gasteiger partial charge in [0, 0.05) is 35.7 Å². The van der Waals surface area contributed by atoms with Crippen LogP contribution in [-0.4, -0.2) is 67.1 Å². The first kappa shape index (κ1) is 29.7. The van der Waals surface area contributed by atoms with Crippen molar-refractivity contribution in [3.8, 4) is 5.75 Å². The van der Waals surface area contributed by atoms with Crippen LogP contribution in [0, 0.1) is 0 Å². The summed E-state index contributed by atoms with van der Waals surface area (Å²) in [5.74, 6) is -0.363. The number of carboxylic acids is 1. The fourth-order valence-electron chi connectivity index (χ4n) is 3.34. The third-order valence-corrected chi connectivity index (χ3v) is 5.45. The van der Waals surface area contributed by atoms with E-state index in [0.717, 1.165) is 11.1 Å². The second kappa shape index (κ2) is 15.6. The summed E-state index contributed by atoms with van der Waals surface area (Å²) in [5.41, 5.74) is 1.69. The molecule has 2 rings (SSSR count). The van der Waals surface area contributed by atoms with Crippen molar-refractivity contribution in [1.82, 2.24) is 10.2 Å². The smallest absolute Gasteiger partial charge is 0.333 e. The highest BCUT2D eigenvalue weighted by Gasteiger charge is 2.18. The standard InChI is InChI=1S/C26H34Cl2N2O6/c1-4-35-24(25(31)32)15-19-5-7-23(8-6-19)36-12-10-30(26(33)29-18(2)3)9-11-34-17-20-13-21(27)16-22(28)14-20/h5-8,13-14,16,18,24H,4,9-12,15,17H2,1-3H3,(H,29,33)(H,31,32). The summed E-state index contributed by atoms with van der Waals surface area (Å²) in [5, 5.41) is 13.2. The van der Waals surface area contributed by atoms with Crippen LogP contribution in [-0.2, 0) is 27.3 Å². The topological polar surface area (TPSA) is 97.3 Å². The molecule has 0 saturated heterocycles. The SMILES string of the molecule is CCOC(Cc1ccc(OCCN(CCOCc2cc(Cl)cc(Cl)c2)C(=O)NC(C)C)cc1)C(=O)O. The van der Waals surface area contributed by atoms with Crippen molar-refractivity contribution in [2.45, 2.75) is 45.9 Å². The normalized spacial score (nSPS) is 11.8. The number of carbonyl (C=O) groups excluding carboxylic acids is 1. The largest absolute Gasteiger partial charge is 0.492 e. The monoisotopic (exact) mass is 540 g/mol. The number of hydrogen-bond donors (Lipinski definition) is 2. The Morgan fingerprint density at radius 2 is 1.64 bits per heavy atom. The molecule has 0 aromatic heterocycles. The van der Waals surface area contributed by atoms with Gasteiger partial charge in [0.2, 0.25) is 0 Å². The van der Waals surface area contributed by atoms with Crippen molar-refractivity contribution in [2.24, 2.45) is 0 Å². The second-order valence-corrected chi connectivity index (χ2v) is 9.27. The third-order valence-electron chi connectivity index (χ3n) is 5.01. The highest BCUT2D eigenvalue weighted by Crippen LogP contribution is 2.19. The van der Waals surface area contributed by atoms with Gasteiger partial charge < -0.3 is 29.5 Å². The first-order valence-electron chi connectivity index (χ1n) is 11.8. The van der Waals surface area contributed by atoms with E-state index in [-0.39, 0.29) is 25.1 Å². The quantitative estimate of drug-likeness (QED) is 0.307. The van der Waals surface area contributed by atoms with Gasteiger partial charge in [-0.05, 0) is 62.2 Å². The van der Waals surface area contributed by atoms with Crippen LogP contribution < -0.4 is 10.1 Å². The average Bonchev–Trinajstić information content (AvgIpc) is 2.80. The van der Waals surface area contributed by atoms with Crippen LogP contribution in [0.15, 0.2) is 42.5 Å². The molecule has 8 nitrogen and oxygen atoms in total. The number of nitrogens with one attached hydrogen (secondary N) is 1. The summed E-state index contributed by atoms with van der Waals surface area (Å²) < 4.78 is 16.8. The van der Waals surface area contributed by atoms with E-state index in [1.165, 1.54) is 0 Å². The van der Waals surface area contributed by atoms with Crippen molar-refractivity contribution in [1.29, 1.82) is 0 Å². The lowest BCUT2D eigenvalue weighted by Gasteiger charge is -2.24. The molecule has 0 heterocycles. The molecule has 0 fully saturated rings. The number of carbonyl (C=O) groups is 2. The van der Waals surface area contributed by atoms with E-state index in [0.29, 0.717) is 48.7 Å². The average molecular weight is 541 g/mol. The second-order valence-electron chi connectivity index (χ2n) is 8.40. The Hall–Kier alpha value is -2.52. The summed E-state index contributed by atoms with van der Waals surface area (Å²) in [6.07, 6.45) is -0.610. The van der Waals surface area contributed by atoms with E-state index in [9.17, 15) is 14.7 Å². The van der Waals surface area contributed by atoms with Gasteiger partial charge in [-0.15, -0.1) is 0 Å². The van der Waals surface area contributed by atoms with Crippen LogP contribution in [0.3, 0.4) is 0 Å². The first-order chi connectivity index (χ1) is 17.2. The fourth-order valence-corrected chi connectivity index (χ4v) is 3.91. The van der Waals surface area contributed by atoms with Crippen LogP contribution in [0.4, 0.5) is 4.79 Å². The molecular formula is C26H34Cl2N2O6. The Labute approximate surface area is 222 Å². The Balaban J connectivity index is 1.85. The molecule has 2 amide bonds. The van der Waals surface area contributed by atoms with Gasteiger partial charge in [0.15, 0.2) is 6.10 Å². The minimum absolute atomic E-state index is 0.00528. The van der Waals surface area contributed by atoms with Gasteiger partial charge in [0.1, 0.15) is 12.4 Å². The van der Waals surface area contributed by atoms with Crippen LogP contribution in [0.2, 0.25) is 10.0 Å². The molecule has 0 radical (unpaired) electrons. The number of hydrogen-bond acceptors (Lipinski definition) is 5. The van der Waals surface area contributed by atoms with Gasteiger partial charge in [-0.1, -0.05) is 35.3 Å². The van der Waals surface area contributed by atoms with Gasteiger partial charge in [-0.3, -0.25) is 0 Å². The van der Waals surface area contributed by atoms with Crippen molar-refractivity contribution in [2.75, 3.05) is 32.9 Å². The van der Waals surface area contributed by atoms with Crippen molar-refractivity contribution in [3.05, 3.63) is 63.6 Å². The maximum absolute atomic E-state index is 12.6. The van der Waals surface area contributed by atoms with Crippen molar-refractivity contribution >= 4 is 35.2 Å². The van der Waals surface area contributed by atoms with Crippen LogP contribution >= 0.6 is 23.2 Å². The highest BCUT2D eigenvalue weighted by molar-refractivity contribution is 6.34. The van der Waals surface area contributed by atoms with Gasteiger partial charge in [0.05, 0.1) is 19.8 Å². The number of urea groups is 1. The lowest BCUT2D eigenvalue weighted by atomic mass is 10.1. The number of amides is 2. The Morgan fingerprint density at radius 3 is 2.22 bits per heavy atom. The molecule has 0 saturated carbocycles. The molecule has 1 unspecified atom stereocenters. The fraction of sp³-hybridized carbons (Fsp3) is 0.462. The van der Waals surface area contributed by atoms with Crippen LogP contribution in [0.1, 0.15) is 31.9 Å². The summed E-state index contributed by atoms with van der Waals surface area (Å²) in [6.45, 7) is 7.57. The van der Waals surface area contributed by atoms with Gasteiger partial charge in [-0.25, -0.2) is 9.59 Å². The molecule has 36 heavy (non-hydrogen) atoms. The molecule has 0 aliphatic carbocycles. The number of halogens is 2. The zero-order chi connectivity index (χ0) is 26.5. The molecule has 0 bridgehead atoms. The van der Waals surface area contributed by atoms with E-state index >= 15 is 0 Å². The summed E-state index contributed by atoms with van der Waals surface area (Å²) in [6, 6.07) is 12.2. The van der Waals surface area contributed by atoms with Crippen molar-refractivity contribution in [3.63, 3.8) is 0 Å². The van der Waals surface area contributed by atoms with Crippen LogP contribution in [0.5, 0.6) is 5.75 Å². The molecule has 1 atom stereocenters. The molecule has 2 aromatic carbocycles. The van der Waals surface area contributed by atoms with E-state index < -0.39 is 12.1 Å². The summed E-state index contributed by atoms with van der Waals surface area (Å²) in [4.78, 5) is 25.5. The number of nitrogens with zero attached hydrogens (tertiary/aromatic N) is 1. The minimum Gasteiger partial charge on any atom is -0.492 e. The maximum atomic E-state index is 12.6. The summed E-state index contributed by atoms with van der Waals surface area (Å²) >= 11 is 12.0. The lowest BCUT2D eigenvalue weighted by Crippen LogP contribution is -2.46. The Morgan fingerprint density at radius 1 is 1.00 bits per heavy atom. The molecule has 10 heteroatoms. The van der Waals surface area contributed by atoms with E-state index in [4.69, 9.17) is 37.4 Å². The molecular weight excluding hydrogens is 507 g/mol. The number of ether oxygens (including phenoxy) is 3. The zero-order valence-electron chi connectivity index (χ0n) is 20.8. The predicted molar refractivity (Wildman–Crippen MR) is 140 cm³/mol. The molecule has 0 spiro atoms. The Bertz CT molecular complexity index is 951. The summed E-state index contributed by atoms with van der Waals surface area (Å²) in [7, 11) is 0. The van der Waals surface area contributed by atoms with Crippen molar-refractivity contribution < 1.29 is 28.9 Å². The molecule has 2 aromatic rings. The van der Waals surface area contributed by atoms with Gasteiger partial charge >= 0.3 is 12.0 Å². The first-order valence-corrected chi connectivity index (χ1v) is 12.6. The lowest BCUT2D eigenvalue weighted by molar-refractivity contribution is -0.149. The zero-order valence-corrected chi connectivity index (χ0v) is 22.3.